The smallest absolute Gasteiger partial charge is 0.222 e. The molecule has 1 aromatic carbocycles. The van der Waals surface area contributed by atoms with Gasteiger partial charge in [0.2, 0.25) is 5.91 Å². The molecule has 0 spiro atoms. The maximum Gasteiger partial charge on any atom is 0.222 e. The van der Waals surface area contributed by atoms with Gasteiger partial charge in [-0.25, -0.2) is 9.38 Å². The van der Waals surface area contributed by atoms with E-state index in [1.165, 1.54) is 6.07 Å². The number of guanidine groups is 1. The standard InChI is InChI=1S/C20H32FN5O.HI/c1-5-19(27)26-10-9-17(14-26)24-20(22-6-2)23-12-15-7-8-18(21)16(11-15)13-25(3)4;/h7-8,11,17H,5-6,9-10,12-14H2,1-4H3,(H2,22,23,24);1H. The first-order valence-corrected chi connectivity index (χ1v) is 9.67. The number of rotatable bonds is 7. The maximum atomic E-state index is 13.9. The second-order valence-corrected chi connectivity index (χ2v) is 7.18. The van der Waals surface area contributed by atoms with Crippen molar-refractivity contribution in [2.75, 3.05) is 33.7 Å². The zero-order valence-electron chi connectivity index (χ0n) is 17.3. The Balaban J connectivity index is 0.00000392. The minimum atomic E-state index is -0.187. The summed E-state index contributed by atoms with van der Waals surface area (Å²) in [6.07, 6.45) is 1.46. The lowest BCUT2D eigenvalue weighted by Crippen LogP contribution is -2.45. The fourth-order valence-corrected chi connectivity index (χ4v) is 3.20. The molecule has 158 valence electrons. The number of nitrogens with one attached hydrogen (secondary N) is 2. The SMILES string of the molecule is CCNC(=NCc1ccc(F)c(CN(C)C)c1)NC1CCN(C(=O)CC)C1.I. The van der Waals surface area contributed by atoms with Crippen LogP contribution in [0.1, 0.15) is 37.8 Å². The highest BCUT2D eigenvalue weighted by atomic mass is 127. The molecule has 1 fully saturated rings. The third-order valence-corrected chi connectivity index (χ3v) is 4.54. The number of benzene rings is 1. The highest BCUT2D eigenvalue weighted by Gasteiger charge is 2.25. The first-order valence-electron chi connectivity index (χ1n) is 9.67. The summed E-state index contributed by atoms with van der Waals surface area (Å²) in [5, 5.41) is 6.67. The van der Waals surface area contributed by atoms with E-state index in [4.69, 9.17) is 0 Å². The van der Waals surface area contributed by atoms with Crippen LogP contribution in [0, 0.1) is 5.82 Å². The van der Waals surface area contributed by atoms with E-state index < -0.39 is 0 Å². The van der Waals surface area contributed by atoms with Gasteiger partial charge in [0.15, 0.2) is 5.96 Å². The predicted molar refractivity (Wildman–Crippen MR) is 122 cm³/mol. The van der Waals surface area contributed by atoms with Crippen LogP contribution in [0.25, 0.3) is 0 Å². The van der Waals surface area contributed by atoms with Crippen LogP contribution in [0.3, 0.4) is 0 Å². The van der Waals surface area contributed by atoms with E-state index in [0.717, 1.165) is 31.0 Å². The van der Waals surface area contributed by atoms with Gasteiger partial charge in [-0.15, -0.1) is 24.0 Å². The molecule has 6 nitrogen and oxygen atoms in total. The topological polar surface area (TPSA) is 60.0 Å². The molecule has 1 heterocycles. The van der Waals surface area contributed by atoms with Crippen molar-refractivity contribution >= 4 is 35.8 Å². The van der Waals surface area contributed by atoms with Gasteiger partial charge < -0.3 is 20.4 Å². The Morgan fingerprint density at radius 1 is 1.36 bits per heavy atom. The van der Waals surface area contributed by atoms with Crippen molar-refractivity contribution in [3.05, 3.63) is 35.1 Å². The second kappa shape index (κ2) is 12.2. The van der Waals surface area contributed by atoms with Crippen molar-refractivity contribution in [1.82, 2.24) is 20.4 Å². The Morgan fingerprint density at radius 2 is 2.11 bits per heavy atom. The number of hydrogen-bond donors (Lipinski definition) is 2. The molecule has 1 atom stereocenters. The number of aliphatic imine (C=N–C) groups is 1. The van der Waals surface area contributed by atoms with Crippen LogP contribution in [0.5, 0.6) is 0 Å². The fraction of sp³-hybridized carbons (Fsp3) is 0.600. The molecule has 1 aliphatic heterocycles. The fourth-order valence-electron chi connectivity index (χ4n) is 3.20. The lowest BCUT2D eigenvalue weighted by atomic mass is 10.1. The molecule has 0 bridgehead atoms. The Hall–Kier alpha value is -1.42. The van der Waals surface area contributed by atoms with E-state index in [1.807, 2.05) is 43.8 Å². The highest BCUT2D eigenvalue weighted by molar-refractivity contribution is 14.0. The number of hydrogen-bond acceptors (Lipinski definition) is 3. The number of carbonyl (C=O) groups is 1. The van der Waals surface area contributed by atoms with Gasteiger partial charge in [-0.05, 0) is 45.1 Å². The van der Waals surface area contributed by atoms with Gasteiger partial charge in [0.1, 0.15) is 5.82 Å². The van der Waals surface area contributed by atoms with Gasteiger partial charge in [-0.3, -0.25) is 4.79 Å². The van der Waals surface area contributed by atoms with Gasteiger partial charge in [-0.1, -0.05) is 13.0 Å². The summed E-state index contributed by atoms with van der Waals surface area (Å²) in [5.74, 6) is 0.737. The lowest BCUT2D eigenvalue weighted by molar-refractivity contribution is -0.129. The van der Waals surface area contributed by atoms with Crippen LogP contribution < -0.4 is 10.6 Å². The molecule has 1 amide bonds. The summed E-state index contributed by atoms with van der Waals surface area (Å²) in [7, 11) is 3.84. The minimum absolute atomic E-state index is 0. The van der Waals surface area contributed by atoms with E-state index in [1.54, 1.807) is 6.07 Å². The summed E-state index contributed by atoms with van der Waals surface area (Å²) >= 11 is 0. The molecule has 8 heteroatoms. The molecule has 1 aliphatic rings. The van der Waals surface area contributed by atoms with Gasteiger partial charge in [0.05, 0.1) is 6.54 Å². The van der Waals surface area contributed by atoms with E-state index in [0.29, 0.717) is 31.6 Å². The summed E-state index contributed by atoms with van der Waals surface area (Å²) in [4.78, 5) is 20.3. The molecule has 2 N–H and O–H groups in total. The van der Waals surface area contributed by atoms with Gasteiger partial charge in [0.25, 0.3) is 0 Å². The summed E-state index contributed by atoms with van der Waals surface area (Å²) in [6, 6.07) is 5.36. The maximum absolute atomic E-state index is 13.9. The van der Waals surface area contributed by atoms with Crippen LogP contribution in [0.2, 0.25) is 0 Å². The highest BCUT2D eigenvalue weighted by Crippen LogP contribution is 2.14. The molecule has 0 aromatic heterocycles. The zero-order chi connectivity index (χ0) is 19.8. The number of likely N-dealkylation sites (tertiary alicyclic amines) is 1. The Labute approximate surface area is 185 Å². The van der Waals surface area contributed by atoms with E-state index in [9.17, 15) is 9.18 Å². The second-order valence-electron chi connectivity index (χ2n) is 7.18. The van der Waals surface area contributed by atoms with E-state index >= 15 is 0 Å². The largest absolute Gasteiger partial charge is 0.357 e. The Kier molecular flexibility index (Phi) is 10.7. The minimum Gasteiger partial charge on any atom is -0.357 e. The zero-order valence-corrected chi connectivity index (χ0v) is 19.6. The van der Waals surface area contributed by atoms with Crippen molar-refractivity contribution in [1.29, 1.82) is 0 Å². The lowest BCUT2D eigenvalue weighted by Gasteiger charge is -2.18. The first-order chi connectivity index (χ1) is 12.9. The van der Waals surface area contributed by atoms with Crippen molar-refractivity contribution in [3.63, 3.8) is 0 Å². The normalized spacial score (nSPS) is 16.9. The first kappa shape index (κ1) is 24.6. The molecule has 0 radical (unpaired) electrons. The van der Waals surface area contributed by atoms with Crippen LogP contribution in [0.15, 0.2) is 23.2 Å². The van der Waals surface area contributed by atoms with Crippen molar-refractivity contribution in [2.24, 2.45) is 4.99 Å². The van der Waals surface area contributed by atoms with Crippen molar-refractivity contribution in [3.8, 4) is 0 Å². The number of amides is 1. The van der Waals surface area contributed by atoms with E-state index in [2.05, 4.69) is 15.6 Å². The molecular weight excluding hydrogens is 472 g/mol. The van der Waals surface area contributed by atoms with E-state index in [-0.39, 0.29) is 41.7 Å². The summed E-state index contributed by atoms with van der Waals surface area (Å²) < 4.78 is 13.9. The Morgan fingerprint density at radius 3 is 2.75 bits per heavy atom. The van der Waals surface area contributed by atoms with Gasteiger partial charge >= 0.3 is 0 Å². The number of halogens is 2. The molecule has 0 aliphatic carbocycles. The third-order valence-electron chi connectivity index (χ3n) is 4.54. The number of carbonyl (C=O) groups excluding carboxylic acids is 1. The van der Waals surface area contributed by atoms with Crippen LogP contribution in [-0.2, 0) is 17.9 Å². The van der Waals surface area contributed by atoms with Crippen molar-refractivity contribution < 1.29 is 9.18 Å². The van der Waals surface area contributed by atoms with Crippen molar-refractivity contribution in [2.45, 2.75) is 45.8 Å². The molecule has 28 heavy (non-hydrogen) atoms. The average molecular weight is 505 g/mol. The van der Waals surface area contributed by atoms with Crippen LogP contribution >= 0.6 is 24.0 Å². The molecule has 1 saturated heterocycles. The average Bonchev–Trinajstić information content (AvgIpc) is 3.09. The monoisotopic (exact) mass is 505 g/mol. The predicted octanol–water partition coefficient (Wildman–Crippen LogP) is 2.57. The molecule has 1 aromatic rings. The molecule has 2 rings (SSSR count). The van der Waals surface area contributed by atoms with Crippen LogP contribution in [0.4, 0.5) is 4.39 Å². The van der Waals surface area contributed by atoms with Gasteiger partial charge in [0, 0.05) is 44.2 Å². The van der Waals surface area contributed by atoms with Crippen LogP contribution in [-0.4, -0.2) is 61.4 Å². The quantitative estimate of drug-likeness (QED) is 0.340. The van der Waals surface area contributed by atoms with Gasteiger partial charge in [-0.2, -0.15) is 0 Å². The molecule has 1 unspecified atom stereocenters. The Bertz CT molecular complexity index is 668. The summed E-state index contributed by atoms with van der Waals surface area (Å²) in [5.41, 5.74) is 1.65. The molecular formula is C20H33FIN5O. The third kappa shape index (κ3) is 7.54. The summed E-state index contributed by atoms with van der Waals surface area (Å²) in [6.45, 7) is 7.20. The number of nitrogens with zero attached hydrogens (tertiary/aromatic N) is 3. The molecule has 0 saturated carbocycles.